The second-order valence-corrected chi connectivity index (χ2v) is 2.44. The summed E-state index contributed by atoms with van der Waals surface area (Å²) < 4.78 is 9.98. The van der Waals surface area contributed by atoms with Crippen LogP contribution >= 0.6 is 0 Å². The minimum atomic E-state index is -0.245. The molecule has 0 aliphatic heterocycles. The van der Waals surface area contributed by atoms with Crippen molar-refractivity contribution in [1.82, 2.24) is 0 Å². The van der Waals surface area contributed by atoms with Gasteiger partial charge in [-0.2, -0.15) is 0 Å². The summed E-state index contributed by atoms with van der Waals surface area (Å²) in [5.74, 6) is -0.245. The molecule has 0 aliphatic rings. The first kappa shape index (κ1) is 11.4. The Morgan fingerprint density at radius 2 is 2.08 bits per heavy atom. The van der Waals surface area contributed by atoms with Crippen molar-refractivity contribution in [3.8, 4) is 0 Å². The molecule has 0 aliphatic carbocycles. The summed E-state index contributed by atoms with van der Waals surface area (Å²) in [6.07, 6.45) is 2.00. The minimum Gasteiger partial charge on any atom is -0.466 e. The number of rotatable bonds is 7. The van der Waals surface area contributed by atoms with Crippen LogP contribution in [0.4, 0.5) is 0 Å². The molecule has 0 amide bonds. The predicted molar refractivity (Wildman–Crippen MR) is 46.7 cm³/mol. The van der Waals surface area contributed by atoms with E-state index in [4.69, 9.17) is 9.47 Å². The van der Waals surface area contributed by atoms with Crippen molar-refractivity contribution >= 4 is 5.97 Å². The van der Waals surface area contributed by atoms with Crippen molar-refractivity contribution in [3.63, 3.8) is 0 Å². The maximum atomic E-state index is 10.6. The molecule has 3 heteroatoms. The molecule has 0 heterocycles. The Bertz CT molecular complexity index is 112. The highest BCUT2D eigenvalue weighted by atomic mass is 16.5. The highest BCUT2D eigenvalue weighted by Gasteiger charge is 1.96. The van der Waals surface area contributed by atoms with E-state index < -0.39 is 0 Å². The van der Waals surface area contributed by atoms with Gasteiger partial charge >= 0.3 is 5.97 Å². The van der Waals surface area contributed by atoms with E-state index >= 15 is 0 Å². The van der Waals surface area contributed by atoms with Gasteiger partial charge in [0.25, 0.3) is 0 Å². The van der Waals surface area contributed by atoms with Crippen LogP contribution in [-0.2, 0) is 14.3 Å². The number of hydrogen-bond donors (Lipinski definition) is 0. The molecule has 0 rings (SSSR count). The molecule has 0 aromatic heterocycles. The van der Waals surface area contributed by atoms with Gasteiger partial charge in [-0.1, -0.05) is 6.92 Å². The topological polar surface area (TPSA) is 35.5 Å². The Kier molecular flexibility index (Phi) is 8.12. The van der Waals surface area contributed by atoms with Crippen LogP contribution in [0.3, 0.4) is 0 Å². The summed E-state index contributed by atoms with van der Waals surface area (Å²) in [5, 5.41) is 0. The lowest BCUT2D eigenvalue weighted by Crippen LogP contribution is -2.06. The lowest BCUT2D eigenvalue weighted by molar-refractivity contribution is -0.143. The van der Waals surface area contributed by atoms with E-state index in [2.05, 4.69) is 13.8 Å². The second kappa shape index (κ2) is 8.53. The van der Waals surface area contributed by atoms with Crippen LogP contribution in [0.2, 0.25) is 0 Å². The lowest BCUT2D eigenvalue weighted by atomic mass is 10.4. The average molecular weight is 173 g/mol. The largest absolute Gasteiger partial charge is 0.466 e. The maximum absolute atomic E-state index is 10.6. The van der Waals surface area contributed by atoms with Crippen molar-refractivity contribution in [2.75, 3.05) is 19.8 Å². The molecule has 71 valence electrons. The standard InChI is InChI=1S/C9H17O3/c1-3-6-11-7-5-8-12-9(10)4-2/h2-8H2,1H3. The SMILES string of the molecule is [CH2]CC(=O)OCCCOCCC. The molecule has 0 N–H and O–H groups in total. The van der Waals surface area contributed by atoms with Crippen molar-refractivity contribution in [2.24, 2.45) is 0 Å². The maximum Gasteiger partial charge on any atom is 0.305 e. The molecule has 3 nitrogen and oxygen atoms in total. The zero-order valence-corrected chi connectivity index (χ0v) is 7.67. The van der Waals surface area contributed by atoms with E-state index in [-0.39, 0.29) is 12.4 Å². The fraction of sp³-hybridized carbons (Fsp3) is 0.778. The number of hydrogen-bond acceptors (Lipinski definition) is 3. The minimum absolute atomic E-state index is 0.204. The molecule has 1 radical (unpaired) electrons. The van der Waals surface area contributed by atoms with Crippen molar-refractivity contribution < 1.29 is 14.3 Å². The van der Waals surface area contributed by atoms with Gasteiger partial charge in [0, 0.05) is 26.1 Å². The van der Waals surface area contributed by atoms with Gasteiger partial charge < -0.3 is 9.47 Å². The normalized spacial score (nSPS) is 9.83. The second-order valence-electron chi connectivity index (χ2n) is 2.44. The quantitative estimate of drug-likeness (QED) is 0.433. The Morgan fingerprint density at radius 3 is 2.67 bits per heavy atom. The zero-order valence-electron chi connectivity index (χ0n) is 7.67. The molecule has 0 aromatic rings. The van der Waals surface area contributed by atoms with Crippen molar-refractivity contribution in [1.29, 1.82) is 0 Å². The van der Waals surface area contributed by atoms with Gasteiger partial charge in [0.15, 0.2) is 0 Å². The lowest BCUT2D eigenvalue weighted by Gasteiger charge is -2.03. The molecule has 0 saturated heterocycles. The van der Waals surface area contributed by atoms with Gasteiger partial charge in [-0.3, -0.25) is 4.79 Å². The predicted octanol–water partition coefficient (Wildman–Crippen LogP) is 1.57. The fourth-order valence-electron chi connectivity index (χ4n) is 0.666. The summed E-state index contributed by atoms with van der Waals surface area (Å²) in [7, 11) is 0. The van der Waals surface area contributed by atoms with Gasteiger partial charge in [0.05, 0.1) is 6.61 Å². The van der Waals surface area contributed by atoms with Crippen LogP contribution < -0.4 is 0 Å². The first-order valence-corrected chi connectivity index (χ1v) is 4.33. The zero-order chi connectivity index (χ0) is 9.23. The third-order valence-electron chi connectivity index (χ3n) is 1.25. The van der Waals surface area contributed by atoms with Crippen molar-refractivity contribution in [3.05, 3.63) is 6.92 Å². The van der Waals surface area contributed by atoms with Crippen LogP contribution in [0.5, 0.6) is 0 Å². The number of esters is 1. The average Bonchev–Trinajstić information content (AvgIpc) is 2.10. The molecule has 12 heavy (non-hydrogen) atoms. The van der Waals surface area contributed by atoms with Crippen LogP contribution in [0, 0.1) is 6.92 Å². The summed E-state index contributed by atoms with van der Waals surface area (Å²) >= 11 is 0. The van der Waals surface area contributed by atoms with E-state index in [1.165, 1.54) is 0 Å². The smallest absolute Gasteiger partial charge is 0.305 e. The molecule has 0 spiro atoms. The van der Waals surface area contributed by atoms with Gasteiger partial charge in [0.1, 0.15) is 0 Å². The van der Waals surface area contributed by atoms with Crippen LogP contribution in [0.1, 0.15) is 26.2 Å². The number of carbonyl (C=O) groups excluding carboxylic acids is 1. The van der Waals surface area contributed by atoms with Gasteiger partial charge in [-0.05, 0) is 13.3 Å². The highest BCUT2D eigenvalue weighted by molar-refractivity contribution is 5.69. The first-order valence-electron chi connectivity index (χ1n) is 4.33. The third-order valence-corrected chi connectivity index (χ3v) is 1.25. The van der Waals surface area contributed by atoms with Gasteiger partial charge in [0.2, 0.25) is 0 Å². The van der Waals surface area contributed by atoms with E-state index in [1.807, 2.05) is 0 Å². The van der Waals surface area contributed by atoms with Crippen LogP contribution in [-0.4, -0.2) is 25.8 Å². The number of carbonyl (C=O) groups is 1. The Labute approximate surface area is 74.0 Å². The van der Waals surface area contributed by atoms with E-state index in [9.17, 15) is 4.79 Å². The Hall–Kier alpha value is -0.570. The monoisotopic (exact) mass is 173 g/mol. The molecule has 0 fully saturated rings. The molecule has 0 aromatic carbocycles. The molecular weight excluding hydrogens is 156 g/mol. The molecular formula is C9H17O3. The van der Waals surface area contributed by atoms with Crippen LogP contribution in [0.25, 0.3) is 0 Å². The number of ether oxygens (including phenoxy) is 2. The van der Waals surface area contributed by atoms with E-state index in [1.54, 1.807) is 0 Å². The molecule has 0 unspecified atom stereocenters. The third kappa shape index (κ3) is 7.54. The van der Waals surface area contributed by atoms with Crippen molar-refractivity contribution in [2.45, 2.75) is 26.2 Å². The first-order chi connectivity index (χ1) is 5.81. The van der Waals surface area contributed by atoms with Gasteiger partial charge in [-0.25, -0.2) is 0 Å². The van der Waals surface area contributed by atoms with E-state index in [0.717, 1.165) is 19.4 Å². The Balaban J connectivity index is 2.95. The molecule has 0 saturated carbocycles. The highest BCUT2D eigenvalue weighted by Crippen LogP contribution is 1.89. The Morgan fingerprint density at radius 1 is 1.33 bits per heavy atom. The van der Waals surface area contributed by atoms with E-state index in [0.29, 0.717) is 13.2 Å². The fourth-order valence-corrected chi connectivity index (χ4v) is 0.666. The van der Waals surface area contributed by atoms with Gasteiger partial charge in [-0.15, -0.1) is 0 Å². The summed E-state index contributed by atoms with van der Waals surface area (Å²) in [6, 6.07) is 0. The summed E-state index contributed by atoms with van der Waals surface area (Å²) in [6.45, 7) is 7.35. The van der Waals surface area contributed by atoms with Crippen LogP contribution in [0.15, 0.2) is 0 Å². The summed E-state index contributed by atoms with van der Waals surface area (Å²) in [4.78, 5) is 10.6. The summed E-state index contributed by atoms with van der Waals surface area (Å²) in [5.41, 5.74) is 0. The molecule has 0 bridgehead atoms. The molecule has 0 atom stereocenters.